The number of hydrogen-bond donors (Lipinski definition) is 4. The molecule has 0 aliphatic heterocycles. The zero-order chi connectivity index (χ0) is 35.9. The van der Waals surface area contributed by atoms with Crippen molar-refractivity contribution in [3.05, 3.63) is 24.3 Å². The Morgan fingerprint density at radius 1 is 0.490 bits per heavy atom. The van der Waals surface area contributed by atoms with Crippen molar-refractivity contribution < 1.29 is 20.1 Å². The summed E-state index contributed by atoms with van der Waals surface area (Å²) in [6.45, 7) is 4.18. The molecule has 5 heteroatoms. The van der Waals surface area contributed by atoms with Crippen molar-refractivity contribution in [3.8, 4) is 0 Å². The van der Waals surface area contributed by atoms with Crippen LogP contribution in [0.3, 0.4) is 0 Å². The Labute approximate surface area is 305 Å². The molecule has 5 nitrogen and oxygen atoms in total. The predicted molar refractivity (Wildman–Crippen MR) is 213 cm³/mol. The van der Waals surface area contributed by atoms with Crippen molar-refractivity contribution in [1.82, 2.24) is 5.32 Å². The molecule has 3 unspecified atom stereocenters. The van der Waals surface area contributed by atoms with Gasteiger partial charge in [-0.3, -0.25) is 4.79 Å². The third-order valence-corrected chi connectivity index (χ3v) is 10.0. The van der Waals surface area contributed by atoms with Crippen LogP contribution >= 0.6 is 0 Å². The molecule has 0 spiro atoms. The fourth-order valence-corrected chi connectivity index (χ4v) is 6.61. The van der Waals surface area contributed by atoms with Crippen molar-refractivity contribution in [2.24, 2.45) is 0 Å². The second-order valence-electron chi connectivity index (χ2n) is 14.9. The summed E-state index contributed by atoms with van der Waals surface area (Å²) in [4.78, 5) is 12.4. The molecule has 0 aromatic rings. The SMILES string of the molecule is CCCCCCCCCCCCCCC/C=C/CC/C=C/C(O)C(CO)NC(=O)C(O)CCCCCCCCCCCCCCCCCC. The average Bonchev–Trinajstić information content (AvgIpc) is 3.11. The van der Waals surface area contributed by atoms with Crippen LogP contribution in [0.25, 0.3) is 0 Å². The van der Waals surface area contributed by atoms with Gasteiger partial charge in [0.1, 0.15) is 6.10 Å². The van der Waals surface area contributed by atoms with E-state index in [1.54, 1.807) is 6.08 Å². The Morgan fingerprint density at radius 3 is 1.24 bits per heavy atom. The molecule has 3 atom stereocenters. The van der Waals surface area contributed by atoms with Crippen LogP contribution in [-0.4, -0.2) is 46.1 Å². The van der Waals surface area contributed by atoms with Crippen LogP contribution in [0.1, 0.15) is 226 Å². The summed E-state index contributed by atoms with van der Waals surface area (Å²) in [7, 11) is 0. The third kappa shape index (κ3) is 35.0. The number of amides is 1. The third-order valence-electron chi connectivity index (χ3n) is 10.0. The summed E-state index contributed by atoms with van der Waals surface area (Å²) in [5.41, 5.74) is 0. The standard InChI is InChI=1S/C44H85NO4/c1-3-5-7-9-11-13-15-17-19-21-22-23-25-26-28-30-32-34-36-38-42(47)41(40-46)45-44(49)43(48)39-37-35-33-31-29-27-24-20-18-16-14-12-10-8-6-4-2/h28,30,36,38,41-43,46-48H,3-27,29,31-35,37,39-40H2,1-2H3,(H,45,49)/b30-28+,38-36+. The lowest BCUT2D eigenvalue weighted by atomic mass is 10.0. The lowest BCUT2D eigenvalue weighted by molar-refractivity contribution is -0.131. The van der Waals surface area contributed by atoms with Gasteiger partial charge in [0.25, 0.3) is 0 Å². The number of rotatable bonds is 39. The Bertz CT molecular complexity index is 724. The maximum atomic E-state index is 12.4. The van der Waals surface area contributed by atoms with Gasteiger partial charge in [0.05, 0.1) is 18.8 Å². The Hall–Kier alpha value is -1.17. The van der Waals surface area contributed by atoms with E-state index >= 15 is 0 Å². The molecule has 0 fully saturated rings. The zero-order valence-corrected chi connectivity index (χ0v) is 32.8. The van der Waals surface area contributed by atoms with E-state index in [4.69, 9.17) is 0 Å². The van der Waals surface area contributed by atoms with E-state index in [-0.39, 0.29) is 6.61 Å². The van der Waals surface area contributed by atoms with Crippen LogP contribution in [0.4, 0.5) is 0 Å². The van der Waals surface area contributed by atoms with Crippen molar-refractivity contribution in [2.75, 3.05) is 6.61 Å². The number of nitrogens with one attached hydrogen (secondary N) is 1. The number of hydrogen-bond acceptors (Lipinski definition) is 4. The lowest BCUT2D eigenvalue weighted by Gasteiger charge is -2.21. The molecule has 4 N–H and O–H groups in total. The highest BCUT2D eigenvalue weighted by atomic mass is 16.3. The van der Waals surface area contributed by atoms with E-state index < -0.39 is 24.2 Å². The van der Waals surface area contributed by atoms with Gasteiger partial charge >= 0.3 is 0 Å². The first-order chi connectivity index (χ1) is 24.1. The van der Waals surface area contributed by atoms with Gasteiger partial charge in [0.15, 0.2) is 0 Å². The largest absolute Gasteiger partial charge is 0.394 e. The van der Waals surface area contributed by atoms with Crippen LogP contribution < -0.4 is 5.32 Å². The molecule has 0 aliphatic rings. The van der Waals surface area contributed by atoms with Gasteiger partial charge in [-0.05, 0) is 32.1 Å². The number of carbonyl (C=O) groups is 1. The molecule has 0 aliphatic carbocycles. The molecule has 1 amide bonds. The molecule has 0 saturated carbocycles. The van der Waals surface area contributed by atoms with Crippen LogP contribution in [0.15, 0.2) is 24.3 Å². The van der Waals surface area contributed by atoms with Crippen LogP contribution in [-0.2, 0) is 4.79 Å². The Kier molecular flexibility index (Phi) is 38.7. The van der Waals surface area contributed by atoms with Gasteiger partial charge in [0, 0.05) is 0 Å². The number of carbonyl (C=O) groups excluding carboxylic acids is 1. The molecule has 0 rings (SSSR count). The quantitative estimate of drug-likeness (QED) is 0.0381. The first kappa shape index (κ1) is 47.8. The van der Waals surface area contributed by atoms with E-state index in [0.717, 1.165) is 38.5 Å². The molecular formula is C44H85NO4. The smallest absolute Gasteiger partial charge is 0.249 e. The van der Waals surface area contributed by atoms with E-state index in [0.29, 0.717) is 6.42 Å². The van der Waals surface area contributed by atoms with E-state index in [1.165, 1.54) is 167 Å². The molecule has 0 heterocycles. The van der Waals surface area contributed by atoms with Gasteiger partial charge in [-0.15, -0.1) is 0 Å². The highest BCUT2D eigenvalue weighted by Gasteiger charge is 2.22. The van der Waals surface area contributed by atoms with E-state index in [2.05, 4.69) is 31.3 Å². The van der Waals surface area contributed by atoms with Crippen LogP contribution in [0.2, 0.25) is 0 Å². The highest BCUT2D eigenvalue weighted by molar-refractivity contribution is 5.80. The zero-order valence-electron chi connectivity index (χ0n) is 32.8. The maximum Gasteiger partial charge on any atom is 0.249 e. The second kappa shape index (κ2) is 39.6. The van der Waals surface area contributed by atoms with Crippen molar-refractivity contribution >= 4 is 5.91 Å². The number of allylic oxidation sites excluding steroid dienone is 3. The minimum atomic E-state index is -1.10. The lowest BCUT2D eigenvalue weighted by Crippen LogP contribution is -2.48. The molecule has 0 aromatic heterocycles. The summed E-state index contributed by atoms with van der Waals surface area (Å²) >= 11 is 0. The molecule has 0 aromatic carbocycles. The first-order valence-corrected chi connectivity index (χ1v) is 21.7. The molecule has 0 bridgehead atoms. The minimum Gasteiger partial charge on any atom is -0.394 e. The number of aliphatic hydroxyl groups excluding tert-OH is 3. The van der Waals surface area contributed by atoms with Crippen molar-refractivity contribution in [1.29, 1.82) is 0 Å². The summed E-state index contributed by atoms with van der Waals surface area (Å²) in [6.07, 6.45) is 47.8. The van der Waals surface area contributed by atoms with Gasteiger partial charge in [-0.25, -0.2) is 0 Å². The average molecular weight is 692 g/mol. The second-order valence-corrected chi connectivity index (χ2v) is 14.9. The molecule has 0 radical (unpaired) electrons. The summed E-state index contributed by atoms with van der Waals surface area (Å²) < 4.78 is 0. The van der Waals surface area contributed by atoms with E-state index in [9.17, 15) is 20.1 Å². The molecule has 290 valence electrons. The van der Waals surface area contributed by atoms with Gasteiger partial charge in [0.2, 0.25) is 5.91 Å². The first-order valence-electron chi connectivity index (χ1n) is 21.7. The van der Waals surface area contributed by atoms with Gasteiger partial charge < -0.3 is 20.6 Å². The minimum absolute atomic E-state index is 0.373. The predicted octanol–water partition coefficient (Wildman–Crippen LogP) is 12.2. The van der Waals surface area contributed by atoms with Gasteiger partial charge in [-0.1, -0.05) is 218 Å². The fourth-order valence-electron chi connectivity index (χ4n) is 6.61. The fraction of sp³-hybridized carbons (Fsp3) is 0.886. The maximum absolute atomic E-state index is 12.4. The molecule has 0 saturated heterocycles. The summed E-state index contributed by atoms with van der Waals surface area (Å²) in [5, 5.41) is 33.1. The molecule has 49 heavy (non-hydrogen) atoms. The van der Waals surface area contributed by atoms with Crippen LogP contribution in [0.5, 0.6) is 0 Å². The highest BCUT2D eigenvalue weighted by Crippen LogP contribution is 2.15. The summed E-state index contributed by atoms with van der Waals surface area (Å²) in [6, 6.07) is -0.810. The Morgan fingerprint density at radius 2 is 0.837 bits per heavy atom. The van der Waals surface area contributed by atoms with Gasteiger partial charge in [-0.2, -0.15) is 0 Å². The van der Waals surface area contributed by atoms with E-state index in [1.807, 2.05) is 6.08 Å². The summed E-state index contributed by atoms with van der Waals surface area (Å²) in [5.74, 6) is -0.511. The normalized spacial score (nSPS) is 13.8. The number of aliphatic hydroxyl groups is 3. The van der Waals surface area contributed by atoms with Crippen molar-refractivity contribution in [2.45, 2.75) is 244 Å². The monoisotopic (exact) mass is 692 g/mol. The Balaban J connectivity index is 3.71. The topological polar surface area (TPSA) is 89.8 Å². The van der Waals surface area contributed by atoms with Crippen LogP contribution in [0, 0.1) is 0 Å². The molecular weight excluding hydrogens is 606 g/mol. The number of unbranched alkanes of at least 4 members (excludes halogenated alkanes) is 29. The van der Waals surface area contributed by atoms with Crippen molar-refractivity contribution in [3.63, 3.8) is 0 Å².